The summed E-state index contributed by atoms with van der Waals surface area (Å²) in [5.74, 6) is 0. The molecule has 2 rings (SSSR count). The molecule has 0 fully saturated rings. The van der Waals surface area contributed by atoms with Crippen LogP contribution in [0.4, 0.5) is 5.69 Å². The first kappa shape index (κ1) is 13.4. The van der Waals surface area contributed by atoms with Crippen molar-refractivity contribution in [2.45, 2.75) is 19.5 Å². The van der Waals surface area contributed by atoms with E-state index in [0.717, 1.165) is 12.2 Å². The molecule has 0 aliphatic carbocycles. The fraction of sp³-hybridized carbons (Fsp3) is 0.333. The van der Waals surface area contributed by atoms with Gasteiger partial charge in [-0.3, -0.25) is 0 Å². The maximum Gasteiger partial charge on any atom is 0 e. The topological polar surface area (TPSA) is 29.4 Å². The Hall–Kier alpha value is -0.671. The average Bonchev–Trinajstić information content (AvgIpc) is 2.66. The molecule has 1 radical (unpaired) electrons. The van der Waals surface area contributed by atoms with Crippen molar-refractivity contribution >= 4 is 5.69 Å². The molecule has 0 aromatic heterocycles. The molecule has 1 N–H and O–H groups in total. The van der Waals surface area contributed by atoms with E-state index in [9.17, 15) is 0 Å². The van der Waals surface area contributed by atoms with Gasteiger partial charge in [-0.05, 0) is 19.8 Å². The van der Waals surface area contributed by atoms with Crippen LogP contribution in [-0.4, -0.2) is 13.1 Å². The van der Waals surface area contributed by atoms with Crippen molar-refractivity contribution in [1.29, 1.82) is 0 Å². The Morgan fingerprint density at radius 1 is 1.56 bits per heavy atom. The molecule has 0 bridgehead atoms. The normalized spacial score (nSPS) is 18.6. The number of benzene rings is 1. The second kappa shape index (κ2) is 6.16. The van der Waals surface area contributed by atoms with Crippen LogP contribution < -0.4 is 10.3 Å². The predicted octanol–water partition coefficient (Wildman–Crippen LogP) is 2.21. The molecule has 1 aliphatic rings. The quantitative estimate of drug-likeness (QED) is 0.798. The first-order chi connectivity index (χ1) is 7.29. The SMILES string of the molecule is CNCc1cc[c-]c(N2C=CC(C)[N-]2)c1.[Ir]. The molecular weight excluding hydrogens is 378 g/mol. The fourth-order valence-electron chi connectivity index (χ4n) is 1.57. The van der Waals surface area contributed by atoms with Gasteiger partial charge in [-0.1, -0.05) is 18.7 Å². The van der Waals surface area contributed by atoms with E-state index in [0.29, 0.717) is 0 Å². The van der Waals surface area contributed by atoms with Gasteiger partial charge in [-0.15, -0.1) is 17.7 Å². The van der Waals surface area contributed by atoms with E-state index in [-0.39, 0.29) is 26.1 Å². The van der Waals surface area contributed by atoms with Crippen LogP contribution in [0.25, 0.3) is 5.43 Å². The number of nitrogens with zero attached hydrogens (tertiary/aromatic N) is 2. The number of hydrogen-bond acceptors (Lipinski definition) is 2. The Bertz CT molecular complexity index is 365. The standard InChI is InChI=1S/C12H15N3.Ir/c1-10-6-7-15(14-10)12-5-3-4-11(8-12)9-13-2;/h3-4,6-8,10,13H,9H2,1-2H3;/q-2;. The summed E-state index contributed by atoms with van der Waals surface area (Å²) in [5.41, 5.74) is 6.68. The van der Waals surface area contributed by atoms with Gasteiger partial charge in [0.05, 0.1) is 0 Å². The number of anilines is 1. The molecule has 0 saturated carbocycles. The second-order valence-corrected chi connectivity index (χ2v) is 3.65. The zero-order valence-electron chi connectivity index (χ0n) is 9.40. The molecule has 1 unspecified atom stereocenters. The van der Waals surface area contributed by atoms with Gasteiger partial charge in [0, 0.05) is 20.1 Å². The zero-order valence-corrected chi connectivity index (χ0v) is 11.8. The minimum atomic E-state index is 0. The molecule has 16 heavy (non-hydrogen) atoms. The number of hydrogen-bond donors (Lipinski definition) is 1. The molecule has 1 heterocycles. The largest absolute Gasteiger partial charge is 0.559 e. The summed E-state index contributed by atoms with van der Waals surface area (Å²) in [7, 11) is 1.94. The summed E-state index contributed by atoms with van der Waals surface area (Å²) in [4.78, 5) is 0. The van der Waals surface area contributed by atoms with Gasteiger partial charge in [0.1, 0.15) is 0 Å². The molecule has 1 atom stereocenters. The van der Waals surface area contributed by atoms with Crippen molar-refractivity contribution in [2.24, 2.45) is 0 Å². The van der Waals surface area contributed by atoms with Crippen LogP contribution in [0.3, 0.4) is 0 Å². The van der Waals surface area contributed by atoms with E-state index < -0.39 is 0 Å². The van der Waals surface area contributed by atoms with Crippen LogP contribution in [-0.2, 0) is 26.7 Å². The smallest absolute Gasteiger partial charge is 0 e. The number of nitrogens with one attached hydrogen (secondary N) is 1. The first-order valence-corrected chi connectivity index (χ1v) is 5.13. The first-order valence-electron chi connectivity index (χ1n) is 5.13. The van der Waals surface area contributed by atoms with Gasteiger partial charge >= 0.3 is 0 Å². The van der Waals surface area contributed by atoms with Crippen LogP contribution in [0.15, 0.2) is 30.5 Å². The molecule has 0 amide bonds. The van der Waals surface area contributed by atoms with Crippen molar-refractivity contribution in [3.05, 3.63) is 47.5 Å². The van der Waals surface area contributed by atoms with Crippen LogP contribution >= 0.6 is 0 Å². The molecule has 3 nitrogen and oxygen atoms in total. The van der Waals surface area contributed by atoms with Crippen molar-refractivity contribution in [3.8, 4) is 0 Å². The van der Waals surface area contributed by atoms with E-state index in [1.165, 1.54) is 5.56 Å². The molecule has 1 aromatic carbocycles. The number of rotatable bonds is 3. The maximum absolute atomic E-state index is 4.43. The Morgan fingerprint density at radius 3 is 3.00 bits per heavy atom. The van der Waals surface area contributed by atoms with Gasteiger partial charge in [0.15, 0.2) is 0 Å². The van der Waals surface area contributed by atoms with Crippen LogP contribution in [0, 0.1) is 6.07 Å². The maximum atomic E-state index is 4.43. The van der Waals surface area contributed by atoms with Gasteiger partial charge in [-0.25, -0.2) is 0 Å². The van der Waals surface area contributed by atoms with Crippen molar-refractivity contribution in [3.63, 3.8) is 0 Å². The fourth-order valence-corrected chi connectivity index (χ4v) is 1.57. The van der Waals surface area contributed by atoms with Crippen LogP contribution in [0.5, 0.6) is 0 Å². The van der Waals surface area contributed by atoms with E-state index >= 15 is 0 Å². The van der Waals surface area contributed by atoms with Crippen LogP contribution in [0.1, 0.15) is 12.5 Å². The molecule has 0 spiro atoms. The van der Waals surface area contributed by atoms with Crippen molar-refractivity contribution in [1.82, 2.24) is 5.32 Å². The molecule has 89 valence electrons. The van der Waals surface area contributed by atoms with Crippen molar-refractivity contribution in [2.75, 3.05) is 12.1 Å². The molecule has 4 heteroatoms. The summed E-state index contributed by atoms with van der Waals surface area (Å²) < 4.78 is 0. The summed E-state index contributed by atoms with van der Waals surface area (Å²) >= 11 is 0. The van der Waals surface area contributed by atoms with Gasteiger partial charge in [0.25, 0.3) is 0 Å². The summed E-state index contributed by atoms with van der Waals surface area (Å²) in [6.45, 7) is 2.93. The Kier molecular flexibility index (Phi) is 5.16. The zero-order chi connectivity index (χ0) is 10.7. The van der Waals surface area contributed by atoms with Gasteiger partial charge in [0.2, 0.25) is 0 Å². The van der Waals surface area contributed by atoms with Crippen molar-refractivity contribution < 1.29 is 20.1 Å². The van der Waals surface area contributed by atoms with Crippen LogP contribution in [0.2, 0.25) is 0 Å². The summed E-state index contributed by atoms with van der Waals surface area (Å²) in [6, 6.07) is 9.55. The van der Waals surface area contributed by atoms with E-state index in [1.807, 2.05) is 24.3 Å². The Balaban J connectivity index is 0.00000128. The average molecular weight is 393 g/mol. The third-order valence-corrected chi connectivity index (χ3v) is 2.29. The van der Waals surface area contributed by atoms with E-state index in [2.05, 4.69) is 41.9 Å². The van der Waals surface area contributed by atoms with Gasteiger partial charge < -0.3 is 15.8 Å². The van der Waals surface area contributed by atoms with E-state index in [4.69, 9.17) is 0 Å². The molecule has 1 aliphatic heterocycles. The Morgan fingerprint density at radius 2 is 2.38 bits per heavy atom. The monoisotopic (exact) mass is 394 g/mol. The summed E-state index contributed by atoms with van der Waals surface area (Å²) in [6.07, 6.45) is 4.05. The molecule has 0 saturated heterocycles. The Labute approximate surface area is 110 Å². The predicted molar refractivity (Wildman–Crippen MR) is 62.5 cm³/mol. The third-order valence-electron chi connectivity index (χ3n) is 2.29. The molecule has 1 aromatic rings. The second-order valence-electron chi connectivity index (χ2n) is 3.65. The van der Waals surface area contributed by atoms with E-state index in [1.54, 1.807) is 0 Å². The van der Waals surface area contributed by atoms with Gasteiger partial charge in [-0.2, -0.15) is 18.2 Å². The third kappa shape index (κ3) is 3.16. The summed E-state index contributed by atoms with van der Waals surface area (Å²) in [5, 5.41) is 5.01. The minimum Gasteiger partial charge on any atom is -0.559 e. The minimum absolute atomic E-state index is 0. The molecular formula is C12H15IrN3-2.